The van der Waals surface area contributed by atoms with E-state index in [1.54, 1.807) is 9.47 Å². The Morgan fingerprint density at radius 1 is 0.905 bits per heavy atom. The predicted octanol–water partition coefficient (Wildman–Crippen LogP) is 6.63. The number of nitrogens with zero attached hydrogens (tertiary/aromatic N) is 2. The van der Waals surface area contributed by atoms with E-state index in [9.17, 15) is 9.59 Å². The average Bonchev–Trinajstić information content (AvgIpc) is 3.27. The number of amides is 1. The Bertz CT molecular complexity index is 1310. The summed E-state index contributed by atoms with van der Waals surface area (Å²) in [7, 11) is -0.756. The van der Waals surface area contributed by atoms with Gasteiger partial charge in [-0.3, -0.25) is 4.57 Å². The van der Waals surface area contributed by atoms with Crippen LogP contribution in [0.4, 0.5) is 9.59 Å². The highest BCUT2D eigenvalue weighted by Crippen LogP contribution is 2.39. The van der Waals surface area contributed by atoms with Crippen LogP contribution in [0.15, 0.2) is 18.2 Å². The van der Waals surface area contributed by atoms with E-state index < -0.39 is 35.6 Å². The average molecular weight is 585 g/mol. The molecule has 0 saturated carbocycles. The second kappa shape index (κ2) is 11.1. The predicted molar refractivity (Wildman–Crippen MR) is 165 cm³/mol. The van der Waals surface area contributed by atoms with E-state index in [1.165, 1.54) is 0 Å². The topological polar surface area (TPSA) is 88.5 Å². The summed E-state index contributed by atoms with van der Waals surface area (Å²) in [5, 5.41) is 0.893. The summed E-state index contributed by atoms with van der Waals surface area (Å²) in [6.07, 6.45) is 0.591. The minimum Gasteiger partial charge on any atom is -0.490 e. The monoisotopic (exact) mass is 584 g/mol. The van der Waals surface area contributed by atoms with E-state index in [4.69, 9.17) is 23.5 Å². The molecule has 3 heterocycles. The zero-order valence-corrected chi connectivity index (χ0v) is 27.5. The van der Waals surface area contributed by atoms with Crippen molar-refractivity contribution < 1.29 is 33.1 Å². The van der Waals surface area contributed by atoms with Crippen molar-refractivity contribution in [3.05, 3.63) is 23.8 Å². The lowest BCUT2D eigenvalue weighted by atomic mass is 9.78. The number of likely N-dealkylation sites (tertiary alicyclic amines) is 1. The van der Waals surface area contributed by atoms with Crippen molar-refractivity contribution in [3.63, 3.8) is 0 Å². The molecule has 1 amide bonds. The first-order chi connectivity index (χ1) is 19.2. The van der Waals surface area contributed by atoms with Gasteiger partial charge in [0.15, 0.2) is 0 Å². The molecule has 2 aromatic rings. The number of benzene rings is 1. The maximum absolute atomic E-state index is 13.7. The number of carbonyl (C=O) groups is 2. The zero-order chi connectivity index (χ0) is 31.4. The number of aromatic nitrogens is 1. The molecule has 0 unspecified atom stereocenters. The minimum absolute atomic E-state index is 0.0425. The van der Waals surface area contributed by atoms with E-state index in [-0.39, 0.29) is 18.1 Å². The molecule has 42 heavy (non-hydrogen) atoms. The van der Waals surface area contributed by atoms with E-state index >= 15 is 0 Å². The van der Waals surface area contributed by atoms with Crippen LogP contribution >= 0.6 is 0 Å². The van der Waals surface area contributed by atoms with Crippen LogP contribution in [0.2, 0.25) is 0 Å². The second-order valence-electron chi connectivity index (χ2n) is 14.8. The molecule has 2 aliphatic rings. The number of hydrogen-bond donors (Lipinski definition) is 0. The van der Waals surface area contributed by atoms with Gasteiger partial charge in [0.05, 0.1) is 22.3 Å². The van der Waals surface area contributed by atoms with Crippen molar-refractivity contribution in [3.8, 4) is 5.75 Å². The summed E-state index contributed by atoms with van der Waals surface area (Å²) in [5.74, 6) is 0.763. The third kappa shape index (κ3) is 6.75. The molecule has 1 aromatic heterocycles. The van der Waals surface area contributed by atoms with Gasteiger partial charge in [0, 0.05) is 31.3 Å². The van der Waals surface area contributed by atoms with Crippen molar-refractivity contribution in [2.45, 2.75) is 130 Å². The van der Waals surface area contributed by atoms with Crippen LogP contribution < -0.4 is 10.3 Å². The molecule has 2 aliphatic heterocycles. The van der Waals surface area contributed by atoms with Crippen LogP contribution in [-0.4, -0.2) is 70.4 Å². The zero-order valence-electron chi connectivity index (χ0n) is 27.5. The molecule has 4 rings (SSSR count). The molecule has 0 aliphatic carbocycles. The van der Waals surface area contributed by atoms with Gasteiger partial charge in [-0.2, -0.15) is 0 Å². The van der Waals surface area contributed by atoms with E-state index in [0.29, 0.717) is 42.8 Å². The maximum Gasteiger partial charge on any atom is 0.513 e. The molecule has 0 atom stereocenters. The van der Waals surface area contributed by atoms with Crippen LogP contribution in [0.25, 0.3) is 10.9 Å². The van der Waals surface area contributed by atoms with Crippen molar-refractivity contribution >= 4 is 35.8 Å². The highest BCUT2D eigenvalue weighted by molar-refractivity contribution is 6.63. The number of piperidine rings is 1. The molecule has 0 N–H and O–H groups in total. The smallest absolute Gasteiger partial charge is 0.490 e. The van der Waals surface area contributed by atoms with Crippen LogP contribution in [0.5, 0.6) is 5.75 Å². The Hall–Kier alpha value is -2.72. The SMILES string of the molecule is CC(C)c1c(B2OC(C)(C)C(C)(C)O2)n(C(=O)OC(C)(C)C)c2ccc(OC3CCN(C(=O)OC(C)(C)C)CC3)cc12. The first-order valence-corrected chi connectivity index (χ1v) is 15.1. The van der Waals surface area contributed by atoms with Crippen LogP contribution in [0.1, 0.15) is 107 Å². The number of hydrogen-bond acceptors (Lipinski definition) is 7. The Balaban J connectivity index is 1.69. The molecule has 2 fully saturated rings. The molecule has 9 nitrogen and oxygen atoms in total. The van der Waals surface area contributed by atoms with E-state index in [1.807, 2.05) is 87.4 Å². The van der Waals surface area contributed by atoms with Gasteiger partial charge in [-0.05, 0) is 98.9 Å². The van der Waals surface area contributed by atoms with Crippen molar-refractivity contribution in [2.24, 2.45) is 0 Å². The lowest BCUT2D eigenvalue weighted by Crippen LogP contribution is -2.44. The fourth-order valence-corrected chi connectivity index (χ4v) is 5.36. The van der Waals surface area contributed by atoms with Crippen LogP contribution in [-0.2, 0) is 18.8 Å². The molecule has 0 bridgehead atoms. The van der Waals surface area contributed by atoms with Gasteiger partial charge in [0.2, 0.25) is 0 Å². The lowest BCUT2D eigenvalue weighted by Gasteiger charge is -2.33. The van der Waals surface area contributed by atoms with E-state index in [2.05, 4.69) is 13.8 Å². The Morgan fingerprint density at radius 3 is 1.93 bits per heavy atom. The van der Waals surface area contributed by atoms with Gasteiger partial charge < -0.3 is 28.4 Å². The summed E-state index contributed by atoms with van der Waals surface area (Å²) in [4.78, 5) is 28.0. The number of fused-ring (bicyclic) bond motifs is 1. The second-order valence-corrected chi connectivity index (χ2v) is 14.8. The molecule has 2 saturated heterocycles. The minimum atomic E-state index is -0.756. The van der Waals surface area contributed by atoms with Gasteiger partial charge in [-0.15, -0.1) is 0 Å². The standard InChI is InChI=1S/C32H49BN2O7/c1-20(2)25-23-19-22(38-21-15-17-34(18-16-21)27(36)39-29(3,4)5)13-14-24(23)35(28(37)40-30(6,7)8)26(25)33-41-31(9,10)32(11,12)42-33/h13-14,19-21H,15-18H2,1-12H3. The number of rotatable bonds is 4. The normalized spacial score (nSPS) is 19.5. The van der Waals surface area contributed by atoms with Gasteiger partial charge >= 0.3 is 19.3 Å². The van der Waals surface area contributed by atoms with E-state index in [0.717, 1.165) is 10.9 Å². The number of carbonyl (C=O) groups excluding carboxylic acids is 2. The quantitative estimate of drug-likeness (QED) is 0.373. The molecule has 1 aromatic carbocycles. The third-order valence-electron chi connectivity index (χ3n) is 8.04. The molecule has 0 spiro atoms. The Morgan fingerprint density at radius 2 is 1.43 bits per heavy atom. The van der Waals surface area contributed by atoms with Gasteiger partial charge in [-0.25, -0.2) is 9.59 Å². The highest BCUT2D eigenvalue weighted by atomic mass is 16.7. The third-order valence-corrected chi connectivity index (χ3v) is 8.04. The summed E-state index contributed by atoms with van der Waals surface area (Å²) < 4.78 is 32.4. The van der Waals surface area contributed by atoms with Crippen LogP contribution in [0.3, 0.4) is 0 Å². The number of ether oxygens (including phenoxy) is 3. The van der Waals surface area contributed by atoms with Gasteiger partial charge in [-0.1, -0.05) is 13.8 Å². The molecule has 232 valence electrons. The first kappa shape index (κ1) is 32.2. The summed E-state index contributed by atoms with van der Waals surface area (Å²) in [5.41, 5.74) is -0.0497. The van der Waals surface area contributed by atoms with Crippen LogP contribution in [0, 0.1) is 0 Å². The fourth-order valence-electron chi connectivity index (χ4n) is 5.36. The summed E-state index contributed by atoms with van der Waals surface area (Å²) in [6, 6.07) is 5.80. The van der Waals surface area contributed by atoms with Crippen molar-refractivity contribution in [1.29, 1.82) is 0 Å². The Kier molecular flexibility index (Phi) is 8.50. The van der Waals surface area contributed by atoms with Gasteiger partial charge in [0.25, 0.3) is 0 Å². The van der Waals surface area contributed by atoms with Crippen molar-refractivity contribution in [1.82, 2.24) is 9.47 Å². The summed E-state index contributed by atoms with van der Waals surface area (Å²) in [6.45, 7) is 24.5. The lowest BCUT2D eigenvalue weighted by molar-refractivity contribution is 0.00578. The van der Waals surface area contributed by atoms with Crippen molar-refractivity contribution in [2.75, 3.05) is 13.1 Å². The summed E-state index contributed by atoms with van der Waals surface area (Å²) >= 11 is 0. The molecule has 10 heteroatoms. The molecule has 0 radical (unpaired) electrons. The van der Waals surface area contributed by atoms with Gasteiger partial charge in [0.1, 0.15) is 23.1 Å². The highest BCUT2D eigenvalue weighted by Gasteiger charge is 2.54. The fraction of sp³-hybridized carbons (Fsp3) is 0.688. The molecular formula is C32H49BN2O7. The largest absolute Gasteiger partial charge is 0.513 e. The first-order valence-electron chi connectivity index (χ1n) is 15.1. The Labute approximate surface area is 251 Å². The maximum atomic E-state index is 13.7. The molecular weight excluding hydrogens is 535 g/mol.